The van der Waals surface area contributed by atoms with Gasteiger partial charge in [0.25, 0.3) is 0 Å². The molecule has 0 aliphatic heterocycles. The van der Waals surface area contributed by atoms with Crippen molar-refractivity contribution in [2.45, 2.75) is 37.8 Å². The van der Waals surface area contributed by atoms with E-state index in [4.69, 9.17) is 0 Å². The van der Waals surface area contributed by atoms with Crippen molar-refractivity contribution in [1.82, 2.24) is 4.90 Å². The first-order valence-corrected chi connectivity index (χ1v) is 6.42. The Bertz CT molecular complexity index is 405. The molecule has 0 heterocycles. The molecule has 1 aromatic carbocycles. The van der Waals surface area contributed by atoms with Gasteiger partial charge in [0.1, 0.15) is 0 Å². The summed E-state index contributed by atoms with van der Waals surface area (Å²) in [5.74, 6) is -1.85. The van der Waals surface area contributed by atoms with E-state index in [1.165, 1.54) is 25.0 Å². The van der Waals surface area contributed by atoms with Crippen molar-refractivity contribution in [3.8, 4) is 0 Å². The van der Waals surface area contributed by atoms with Crippen LogP contribution < -0.4 is 0 Å². The maximum atomic E-state index is 13.5. The number of halogens is 2. The fourth-order valence-electron chi connectivity index (χ4n) is 2.64. The van der Waals surface area contributed by atoms with Crippen molar-refractivity contribution in [3.63, 3.8) is 0 Å². The summed E-state index contributed by atoms with van der Waals surface area (Å²) in [5, 5.41) is 10.0. The molecule has 1 saturated carbocycles. The molecule has 1 N–H and O–H groups in total. The highest BCUT2D eigenvalue weighted by atomic mass is 19.2. The number of aliphatic hydroxyl groups excluding tert-OH is 1. The molecular weight excluding hydrogens is 236 g/mol. The number of rotatable bonds is 4. The lowest BCUT2D eigenvalue weighted by atomic mass is 10.1. The van der Waals surface area contributed by atoms with Crippen LogP contribution in [0.2, 0.25) is 0 Å². The van der Waals surface area contributed by atoms with E-state index >= 15 is 0 Å². The lowest BCUT2D eigenvalue weighted by molar-refractivity contribution is 0.102. The van der Waals surface area contributed by atoms with E-state index in [0.29, 0.717) is 12.6 Å². The van der Waals surface area contributed by atoms with Crippen LogP contribution in [0.4, 0.5) is 8.78 Å². The third-order valence-corrected chi connectivity index (χ3v) is 3.75. The van der Waals surface area contributed by atoms with E-state index in [0.717, 1.165) is 18.9 Å². The van der Waals surface area contributed by atoms with Crippen LogP contribution in [0.25, 0.3) is 0 Å². The Balaban J connectivity index is 2.02. The minimum atomic E-state index is -0.980. The SMILES string of the molecule is CN(CC(O)c1cccc(F)c1F)C1CCCC1. The molecule has 0 radical (unpaired) electrons. The minimum absolute atomic E-state index is 0.0415. The van der Waals surface area contributed by atoms with E-state index in [-0.39, 0.29) is 5.56 Å². The number of likely N-dealkylation sites (N-methyl/N-ethyl adjacent to an activating group) is 1. The second-order valence-corrected chi connectivity index (χ2v) is 5.04. The first kappa shape index (κ1) is 13.4. The molecule has 2 rings (SSSR count). The monoisotopic (exact) mass is 255 g/mol. The van der Waals surface area contributed by atoms with E-state index in [1.54, 1.807) is 0 Å². The smallest absolute Gasteiger partial charge is 0.164 e. The Kier molecular flexibility index (Phi) is 4.30. The maximum absolute atomic E-state index is 13.5. The molecule has 18 heavy (non-hydrogen) atoms. The van der Waals surface area contributed by atoms with Gasteiger partial charge in [0.15, 0.2) is 11.6 Å². The first-order chi connectivity index (χ1) is 8.59. The summed E-state index contributed by atoms with van der Waals surface area (Å²) < 4.78 is 26.6. The second kappa shape index (κ2) is 5.76. The van der Waals surface area contributed by atoms with Crippen LogP contribution in [0, 0.1) is 11.6 Å². The van der Waals surface area contributed by atoms with Gasteiger partial charge >= 0.3 is 0 Å². The van der Waals surface area contributed by atoms with Crippen LogP contribution in [-0.2, 0) is 0 Å². The normalized spacial score (nSPS) is 18.5. The third kappa shape index (κ3) is 2.87. The molecule has 0 amide bonds. The number of benzene rings is 1. The van der Waals surface area contributed by atoms with Crippen LogP contribution >= 0.6 is 0 Å². The zero-order valence-electron chi connectivity index (χ0n) is 10.6. The standard InChI is InChI=1S/C14H19F2NO/c1-17(10-5-2-3-6-10)9-13(18)11-7-4-8-12(15)14(11)16/h4,7-8,10,13,18H,2-3,5-6,9H2,1H3. The highest BCUT2D eigenvalue weighted by Crippen LogP contribution is 2.25. The lowest BCUT2D eigenvalue weighted by Gasteiger charge is -2.26. The molecule has 2 nitrogen and oxygen atoms in total. The summed E-state index contributed by atoms with van der Waals surface area (Å²) in [6.07, 6.45) is 3.68. The largest absolute Gasteiger partial charge is 0.387 e. The average molecular weight is 255 g/mol. The zero-order valence-corrected chi connectivity index (χ0v) is 10.6. The molecule has 0 bridgehead atoms. The molecule has 1 aliphatic carbocycles. The zero-order chi connectivity index (χ0) is 13.1. The summed E-state index contributed by atoms with van der Waals surface area (Å²) in [5.41, 5.74) is 0.0415. The Labute approximate surface area is 106 Å². The highest BCUT2D eigenvalue weighted by Gasteiger charge is 2.23. The van der Waals surface area contributed by atoms with Crippen molar-refractivity contribution in [2.24, 2.45) is 0 Å². The van der Waals surface area contributed by atoms with Gasteiger partial charge in [0, 0.05) is 18.2 Å². The predicted octanol–water partition coefficient (Wildman–Crippen LogP) is 2.87. The van der Waals surface area contributed by atoms with Gasteiger partial charge in [-0.05, 0) is 26.0 Å². The van der Waals surface area contributed by atoms with Gasteiger partial charge in [0.2, 0.25) is 0 Å². The van der Waals surface area contributed by atoms with Crippen LogP contribution in [0.5, 0.6) is 0 Å². The molecule has 1 aliphatic rings. The molecule has 0 spiro atoms. The van der Waals surface area contributed by atoms with Crippen LogP contribution in [0.3, 0.4) is 0 Å². The Morgan fingerprint density at radius 2 is 2.00 bits per heavy atom. The first-order valence-electron chi connectivity index (χ1n) is 6.42. The summed E-state index contributed by atoms with van der Waals surface area (Å²) in [6, 6.07) is 4.38. The molecule has 1 atom stereocenters. The van der Waals surface area contributed by atoms with Gasteiger partial charge in [-0.25, -0.2) is 8.78 Å². The molecule has 100 valence electrons. The molecular formula is C14H19F2NO. The van der Waals surface area contributed by atoms with Crippen LogP contribution in [0.1, 0.15) is 37.4 Å². The fourth-order valence-corrected chi connectivity index (χ4v) is 2.64. The maximum Gasteiger partial charge on any atom is 0.164 e. The van der Waals surface area contributed by atoms with Gasteiger partial charge in [-0.2, -0.15) is 0 Å². The van der Waals surface area contributed by atoms with E-state index in [2.05, 4.69) is 0 Å². The lowest BCUT2D eigenvalue weighted by Crippen LogP contribution is -2.33. The van der Waals surface area contributed by atoms with Crippen molar-refractivity contribution >= 4 is 0 Å². The molecule has 1 aromatic rings. The molecule has 0 saturated heterocycles. The van der Waals surface area contributed by atoms with Crippen molar-refractivity contribution < 1.29 is 13.9 Å². The van der Waals surface area contributed by atoms with Crippen molar-refractivity contribution in [1.29, 1.82) is 0 Å². The number of hydrogen-bond acceptors (Lipinski definition) is 2. The van der Waals surface area contributed by atoms with Crippen LogP contribution in [-0.4, -0.2) is 29.6 Å². The van der Waals surface area contributed by atoms with Gasteiger partial charge in [-0.1, -0.05) is 25.0 Å². The Morgan fingerprint density at radius 3 is 2.67 bits per heavy atom. The molecule has 1 fully saturated rings. The Hall–Kier alpha value is -1.00. The number of nitrogens with zero attached hydrogens (tertiary/aromatic N) is 1. The third-order valence-electron chi connectivity index (χ3n) is 3.75. The molecule has 0 aromatic heterocycles. The van der Waals surface area contributed by atoms with Gasteiger partial charge in [-0.15, -0.1) is 0 Å². The quantitative estimate of drug-likeness (QED) is 0.894. The second-order valence-electron chi connectivity index (χ2n) is 5.04. The van der Waals surface area contributed by atoms with Crippen LogP contribution in [0.15, 0.2) is 18.2 Å². The summed E-state index contributed by atoms with van der Waals surface area (Å²) in [6.45, 7) is 0.338. The van der Waals surface area contributed by atoms with E-state index in [9.17, 15) is 13.9 Å². The van der Waals surface area contributed by atoms with Gasteiger partial charge in [0.05, 0.1) is 6.10 Å². The number of hydrogen-bond donors (Lipinski definition) is 1. The van der Waals surface area contributed by atoms with Gasteiger partial charge in [-0.3, -0.25) is 0 Å². The average Bonchev–Trinajstić information content (AvgIpc) is 2.86. The minimum Gasteiger partial charge on any atom is -0.387 e. The highest BCUT2D eigenvalue weighted by molar-refractivity contribution is 5.21. The summed E-state index contributed by atoms with van der Waals surface area (Å²) >= 11 is 0. The van der Waals surface area contributed by atoms with Crippen molar-refractivity contribution in [3.05, 3.63) is 35.4 Å². The molecule has 1 unspecified atom stereocenters. The van der Waals surface area contributed by atoms with Gasteiger partial charge < -0.3 is 10.0 Å². The molecule has 4 heteroatoms. The summed E-state index contributed by atoms with van der Waals surface area (Å²) in [4.78, 5) is 2.04. The summed E-state index contributed by atoms with van der Waals surface area (Å²) in [7, 11) is 1.93. The van der Waals surface area contributed by atoms with Crippen molar-refractivity contribution in [2.75, 3.05) is 13.6 Å². The number of aliphatic hydroxyl groups is 1. The van der Waals surface area contributed by atoms with E-state index < -0.39 is 17.7 Å². The predicted molar refractivity (Wildman–Crippen MR) is 66.2 cm³/mol. The Morgan fingerprint density at radius 1 is 1.33 bits per heavy atom. The fraction of sp³-hybridized carbons (Fsp3) is 0.571. The topological polar surface area (TPSA) is 23.5 Å². The van der Waals surface area contributed by atoms with E-state index in [1.807, 2.05) is 11.9 Å².